The fourth-order valence-electron chi connectivity index (χ4n) is 4.24. The van der Waals surface area contributed by atoms with Crippen LogP contribution >= 0.6 is 0 Å². The molecule has 6 heteroatoms. The van der Waals surface area contributed by atoms with Crippen molar-refractivity contribution in [2.75, 3.05) is 31.6 Å². The molecule has 0 saturated heterocycles. The lowest BCUT2D eigenvalue weighted by Crippen LogP contribution is -2.42. The minimum atomic E-state index is -0.0201. The minimum absolute atomic E-state index is 0.0126. The Morgan fingerprint density at radius 3 is 2.67 bits per heavy atom. The van der Waals surface area contributed by atoms with E-state index in [-0.39, 0.29) is 11.9 Å². The summed E-state index contributed by atoms with van der Waals surface area (Å²) < 4.78 is 13.7. The molecule has 1 N–H and O–H groups in total. The van der Waals surface area contributed by atoms with Gasteiger partial charge in [0.2, 0.25) is 5.91 Å². The molecule has 3 heterocycles. The average molecular weight is 403 g/mol. The molecular formula is C24H25N3O3. The van der Waals surface area contributed by atoms with Gasteiger partial charge in [-0.1, -0.05) is 23.8 Å². The van der Waals surface area contributed by atoms with Gasteiger partial charge in [0.15, 0.2) is 11.5 Å². The van der Waals surface area contributed by atoms with E-state index in [4.69, 9.17) is 9.47 Å². The lowest BCUT2D eigenvalue weighted by Gasteiger charge is -2.37. The van der Waals surface area contributed by atoms with E-state index >= 15 is 0 Å². The molecule has 0 bridgehead atoms. The van der Waals surface area contributed by atoms with Crippen LogP contribution in [0.3, 0.4) is 0 Å². The van der Waals surface area contributed by atoms with Gasteiger partial charge in [0.25, 0.3) is 0 Å². The van der Waals surface area contributed by atoms with E-state index < -0.39 is 0 Å². The topological polar surface area (TPSA) is 55.7 Å². The summed E-state index contributed by atoms with van der Waals surface area (Å²) in [6.07, 6.45) is 2.10. The van der Waals surface area contributed by atoms with Crippen LogP contribution in [-0.4, -0.2) is 41.7 Å². The number of benzene rings is 2. The number of carbonyl (C=O) groups is 1. The van der Waals surface area contributed by atoms with Gasteiger partial charge in [-0.3, -0.25) is 9.69 Å². The quantitative estimate of drug-likeness (QED) is 0.723. The van der Waals surface area contributed by atoms with Crippen molar-refractivity contribution in [3.63, 3.8) is 0 Å². The van der Waals surface area contributed by atoms with E-state index in [0.29, 0.717) is 19.8 Å². The Kier molecular flexibility index (Phi) is 4.93. The highest BCUT2D eigenvalue weighted by atomic mass is 16.6. The van der Waals surface area contributed by atoms with Crippen LogP contribution in [0.2, 0.25) is 0 Å². The van der Waals surface area contributed by atoms with Crippen LogP contribution in [-0.2, 0) is 11.3 Å². The van der Waals surface area contributed by atoms with Crippen molar-refractivity contribution in [1.82, 2.24) is 9.47 Å². The first-order valence-electron chi connectivity index (χ1n) is 10.3. The first kappa shape index (κ1) is 18.8. The van der Waals surface area contributed by atoms with E-state index in [2.05, 4.69) is 39.2 Å². The summed E-state index contributed by atoms with van der Waals surface area (Å²) in [6.45, 7) is 5.14. The van der Waals surface area contributed by atoms with Crippen LogP contribution in [0.15, 0.2) is 60.8 Å². The molecule has 5 rings (SSSR count). The number of aromatic nitrogens is 1. The molecule has 0 radical (unpaired) electrons. The molecule has 0 spiro atoms. The number of aryl methyl sites for hydroxylation is 1. The van der Waals surface area contributed by atoms with Crippen LogP contribution in [0.5, 0.6) is 11.5 Å². The number of anilines is 1. The second kappa shape index (κ2) is 7.88. The van der Waals surface area contributed by atoms with Gasteiger partial charge < -0.3 is 19.4 Å². The van der Waals surface area contributed by atoms with Gasteiger partial charge in [0.1, 0.15) is 13.2 Å². The molecule has 2 aliphatic heterocycles. The Morgan fingerprint density at radius 2 is 1.83 bits per heavy atom. The number of hydrogen-bond donors (Lipinski definition) is 1. The lowest BCUT2D eigenvalue weighted by molar-refractivity contribution is -0.117. The number of fused-ring (bicyclic) bond motifs is 2. The molecule has 2 aliphatic rings. The fourth-order valence-corrected chi connectivity index (χ4v) is 4.24. The van der Waals surface area contributed by atoms with Crippen LogP contribution < -0.4 is 14.8 Å². The van der Waals surface area contributed by atoms with Gasteiger partial charge in [0.05, 0.1) is 12.6 Å². The number of hydrogen-bond acceptors (Lipinski definition) is 4. The maximum atomic E-state index is 12.8. The number of nitrogens with zero attached hydrogens (tertiary/aromatic N) is 2. The van der Waals surface area contributed by atoms with Crippen LogP contribution in [0.25, 0.3) is 0 Å². The molecule has 6 nitrogen and oxygen atoms in total. The van der Waals surface area contributed by atoms with Crippen molar-refractivity contribution >= 4 is 11.6 Å². The summed E-state index contributed by atoms with van der Waals surface area (Å²) in [5.41, 5.74) is 4.27. The Morgan fingerprint density at radius 1 is 1.03 bits per heavy atom. The maximum Gasteiger partial charge on any atom is 0.238 e. The van der Waals surface area contributed by atoms with Gasteiger partial charge in [-0.25, -0.2) is 0 Å². The first-order chi connectivity index (χ1) is 14.7. The molecular weight excluding hydrogens is 378 g/mol. The smallest absolute Gasteiger partial charge is 0.238 e. The molecule has 1 amide bonds. The van der Waals surface area contributed by atoms with Crippen LogP contribution in [0.1, 0.15) is 22.9 Å². The second-order valence-corrected chi connectivity index (χ2v) is 7.82. The molecule has 30 heavy (non-hydrogen) atoms. The van der Waals surface area contributed by atoms with Gasteiger partial charge in [-0.2, -0.15) is 0 Å². The number of amides is 1. The predicted octanol–water partition coefficient (Wildman–Crippen LogP) is 3.61. The number of rotatable bonds is 4. The molecule has 1 aromatic heterocycles. The first-order valence-corrected chi connectivity index (χ1v) is 10.3. The Balaban J connectivity index is 1.41. The fraction of sp³-hybridized carbons (Fsp3) is 0.292. The van der Waals surface area contributed by atoms with Gasteiger partial charge in [-0.05, 0) is 48.9 Å². The molecule has 3 aromatic rings. The zero-order valence-corrected chi connectivity index (χ0v) is 17.0. The van der Waals surface area contributed by atoms with E-state index in [0.717, 1.165) is 35.8 Å². The van der Waals surface area contributed by atoms with Crippen molar-refractivity contribution in [2.24, 2.45) is 0 Å². The standard InChI is InChI=1S/C24H25N3O3/c1-17-4-7-19(8-5-17)25-23(28)16-27-12-11-26-10-2-3-20(26)24(27)18-6-9-21-22(15-18)30-14-13-29-21/h2-10,15,24H,11-14,16H2,1H3,(H,25,28). The largest absolute Gasteiger partial charge is 0.486 e. The van der Waals surface area contributed by atoms with Crippen molar-refractivity contribution < 1.29 is 14.3 Å². The number of ether oxygens (including phenoxy) is 2. The Bertz CT molecular complexity index is 1060. The summed E-state index contributed by atoms with van der Waals surface area (Å²) in [6, 6.07) is 18.1. The zero-order chi connectivity index (χ0) is 20.5. The predicted molar refractivity (Wildman–Crippen MR) is 115 cm³/mol. The molecule has 0 aliphatic carbocycles. The highest BCUT2D eigenvalue weighted by Gasteiger charge is 2.31. The zero-order valence-electron chi connectivity index (χ0n) is 17.0. The maximum absolute atomic E-state index is 12.8. The molecule has 1 atom stereocenters. The van der Waals surface area contributed by atoms with Crippen molar-refractivity contribution in [1.29, 1.82) is 0 Å². The summed E-state index contributed by atoms with van der Waals surface area (Å²) in [4.78, 5) is 15.0. The average Bonchev–Trinajstić information content (AvgIpc) is 3.24. The summed E-state index contributed by atoms with van der Waals surface area (Å²) in [5.74, 6) is 1.53. The van der Waals surface area contributed by atoms with Crippen LogP contribution in [0, 0.1) is 6.92 Å². The van der Waals surface area contributed by atoms with Crippen molar-refractivity contribution in [3.05, 3.63) is 77.6 Å². The van der Waals surface area contributed by atoms with E-state index in [1.807, 2.05) is 43.3 Å². The van der Waals surface area contributed by atoms with Crippen molar-refractivity contribution in [3.8, 4) is 11.5 Å². The Labute approximate surface area is 176 Å². The Hall–Kier alpha value is -3.25. The monoisotopic (exact) mass is 403 g/mol. The summed E-state index contributed by atoms with van der Waals surface area (Å²) >= 11 is 0. The third-order valence-corrected chi connectivity index (χ3v) is 5.70. The molecule has 2 aromatic carbocycles. The second-order valence-electron chi connectivity index (χ2n) is 7.82. The van der Waals surface area contributed by atoms with Gasteiger partial charge in [0, 0.05) is 30.7 Å². The molecule has 0 fully saturated rings. The van der Waals surface area contributed by atoms with Crippen LogP contribution in [0.4, 0.5) is 5.69 Å². The number of carbonyl (C=O) groups excluding carboxylic acids is 1. The third-order valence-electron chi connectivity index (χ3n) is 5.70. The molecule has 154 valence electrons. The normalized spacial score (nSPS) is 18.0. The van der Waals surface area contributed by atoms with Gasteiger partial charge in [-0.15, -0.1) is 0 Å². The van der Waals surface area contributed by atoms with E-state index in [1.54, 1.807) is 0 Å². The minimum Gasteiger partial charge on any atom is -0.486 e. The molecule has 0 saturated carbocycles. The summed E-state index contributed by atoms with van der Waals surface area (Å²) in [7, 11) is 0. The lowest BCUT2D eigenvalue weighted by atomic mass is 9.99. The number of nitrogens with one attached hydrogen (secondary N) is 1. The highest BCUT2D eigenvalue weighted by Crippen LogP contribution is 2.38. The molecule has 1 unspecified atom stereocenters. The van der Waals surface area contributed by atoms with Crippen molar-refractivity contribution in [2.45, 2.75) is 19.5 Å². The summed E-state index contributed by atoms with van der Waals surface area (Å²) in [5, 5.41) is 3.02. The van der Waals surface area contributed by atoms with E-state index in [1.165, 1.54) is 11.3 Å². The van der Waals surface area contributed by atoms with E-state index in [9.17, 15) is 4.79 Å². The van der Waals surface area contributed by atoms with Gasteiger partial charge >= 0.3 is 0 Å². The highest BCUT2D eigenvalue weighted by molar-refractivity contribution is 5.92. The third kappa shape index (κ3) is 3.66. The SMILES string of the molecule is Cc1ccc(NC(=O)CN2CCn3cccc3C2c2ccc3c(c2)OCCO3)cc1.